The van der Waals surface area contributed by atoms with Crippen LogP contribution in [-0.2, 0) is 6.54 Å². The molecule has 3 aromatic carbocycles. The van der Waals surface area contributed by atoms with Gasteiger partial charge in [0, 0.05) is 43.0 Å². The molecule has 1 heterocycles. The first kappa shape index (κ1) is 25.4. The molecule has 1 amide bonds. The van der Waals surface area contributed by atoms with Crippen molar-refractivity contribution in [3.8, 4) is 17.2 Å². The third-order valence-electron chi connectivity index (χ3n) is 6.55. The molecule has 0 N–H and O–H groups in total. The lowest BCUT2D eigenvalue weighted by molar-refractivity contribution is 0.0955. The van der Waals surface area contributed by atoms with Gasteiger partial charge < -0.3 is 19.1 Å². The maximum atomic E-state index is 14.2. The summed E-state index contributed by atoms with van der Waals surface area (Å²) in [4.78, 5) is 17.8. The molecule has 6 nitrogen and oxygen atoms in total. The van der Waals surface area contributed by atoms with Gasteiger partial charge in [-0.15, -0.1) is 0 Å². The van der Waals surface area contributed by atoms with E-state index in [-0.39, 0.29) is 11.9 Å². The van der Waals surface area contributed by atoms with Crippen LogP contribution in [-0.4, -0.2) is 51.3 Å². The fraction of sp³-hybridized carbons (Fsp3) is 0.321. The standard InChI is InChI=1S/C28H30F2N2O4/c1-34-24-10-5-4-8-22(24)28(33)32(21-11-12-25(35-2)26(17-21)36-3)20-13-15-31(16-14-20)18-19-7-6-9-23(29)27(19)30/h4-12,17,20H,13-16,18H2,1-3H3. The van der Waals surface area contributed by atoms with Gasteiger partial charge in [-0.25, -0.2) is 8.78 Å². The predicted molar refractivity (Wildman–Crippen MR) is 134 cm³/mol. The van der Waals surface area contributed by atoms with Crippen molar-refractivity contribution in [1.82, 2.24) is 4.90 Å². The van der Waals surface area contributed by atoms with E-state index in [0.29, 0.717) is 66.5 Å². The Morgan fingerprint density at radius 1 is 0.889 bits per heavy atom. The Labute approximate surface area is 210 Å². The summed E-state index contributed by atoms with van der Waals surface area (Å²) >= 11 is 0. The molecule has 0 saturated carbocycles. The summed E-state index contributed by atoms with van der Waals surface area (Å²) in [7, 11) is 4.65. The maximum Gasteiger partial charge on any atom is 0.262 e. The molecule has 1 aliphatic rings. The van der Waals surface area contributed by atoms with Crippen LogP contribution >= 0.6 is 0 Å². The van der Waals surface area contributed by atoms with Crippen molar-refractivity contribution in [2.24, 2.45) is 0 Å². The number of rotatable bonds is 8. The van der Waals surface area contributed by atoms with E-state index < -0.39 is 11.6 Å². The van der Waals surface area contributed by atoms with E-state index in [2.05, 4.69) is 4.90 Å². The number of nitrogens with zero attached hydrogens (tertiary/aromatic N) is 2. The van der Waals surface area contributed by atoms with E-state index in [4.69, 9.17) is 14.2 Å². The first-order valence-electron chi connectivity index (χ1n) is 11.8. The van der Waals surface area contributed by atoms with Crippen molar-refractivity contribution in [1.29, 1.82) is 0 Å². The third-order valence-corrected chi connectivity index (χ3v) is 6.55. The molecule has 0 radical (unpaired) electrons. The molecule has 190 valence electrons. The minimum absolute atomic E-state index is 0.117. The second kappa shape index (κ2) is 11.4. The van der Waals surface area contributed by atoms with Crippen LogP contribution in [0, 0.1) is 11.6 Å². The van der Waals surface area contributed by atoms with Crippen LogP contribution in [0.15, 0.2) is 60.7 Å². The zero-order chi connectivity index (χ0) is 25.7. The molecule has 0 bridgehead atoms. The molecule has 8 heteroatoms. The van der Waals surface area contributed by atoms with Crippen LogP contribution in [0.1, 0.15) is 28.8 Å². The van der Waals surface area contributed by atoms with Gasteiger partial charge in [0.05, 0.1) is 26.9 Å². The van der Waals surface area contributed by atoms with Gasteiger partial charge in [-0.05, 0) is 43.2 Å². The first-order valence-corrected chi connectivity index (χ1v) is 11.8. The Kier molecular flexibility index (Phi) is 8.05. The topological polar surface area (TPSA) is 51.2 Å². The molecule has 0 aliphatic carbocycles. The van der Waals surface area contributed by atoms with Crippen LogP contribution in [0.3, 0.4) is 0 Å². The molecule has 1 saturated heterocycles. The number of benzene rings is 3. The summed E-state index contributed by atoms with van der Waals surface area (Å²) in [5.74, 6) is -0.256. The van der Waals surface area contributed by atoms with E-state index >= 15 is 0 Å². The van der Waals surface area contributed by atoms with Crippen molar-refractivity contribution < 1.29 is 27.8 Å². The largest absolute Gasteiger partial charge is 0.496 e. The van der Waals surface area contributed by atoms with E-state index in [1.807, 2.05) is 12.1 Å². The molecule has 1 fully saturated rings. The fourth-order valence-corrected chi connectivity index (χ4v) is 4.67. The monoisotopic (exact) mass is 496 g/mol. The van der Waals surface area contributed by atoms with Crippen molar-refractivity contribution in [3.63, 3.8) is 0 Å². The van der Waals surface area contributed by atoms with Gasteiger partial charge in [-0.3, -0.25) is 9.69 Å². The fourth-order valence-electron chi connectivity index (χ4n) is 4.67. The van der Waals surface area contributed by atoms with Gasteiger partial charge in [-0.2, -0.15) is 0 Å². The second-order valence-electron chi connectivity index (χ2n) is 8.63. The predicted octanol–water partition coefficient (Wildman–Crippen LogP) is 5.30. The third kappa shape index (κ3) is 5.28. The van der Waals surface area contributed by atoms with Crippen LogP contribution < -0.4 is 19.1 Å². The van der Waals surface area contributed by atoms with E-state index in [1.54, 1.807) is 55.5 Å². The molecular formula is C28H30F2N2O4. The molecule has 3 aromatic rings. The van der Waals surface area contributed by atoms with Gasteiger partial charge in [0.15, 0.2) is 23.1 Å². The number of piperidine rings is 1. The summed E-state index contributed by atoms with van der Waals surface area (Å²) in [6, 6.07) is 16.7. The van der Waals surface area contributed by atoms with Gasteiger partial charge >= 0.3 is 0 Å². The van der Waals surface area contributed by atoms with Crippen molar-refractivity contribution in [2.45, 2.75) is 25.4 Å². The molecule has 0 aromatic heterocycles. The smallest absolute Gasteiger partial charge is 0.262 e. The van der Waals surface area contributed by atoms with Gasteiger partial charge in [0.1, 0.15) is 5.75 Å². The maximum absolute atomic E-state index is 14.2. The summed E-state index contributed by atoms with van der Waals surface area (Å²) < 4.78 is 44.2. The number of carbonyl (C=O) groups is 1. The lowest BCUT2D eigenvalue weighted by Gasteiger charge is -2.39. The average Bonchev–Trinajstić information content (AvgIpc) is 2.92. The number of para-hydroxylation sites is 1. The van der Waals surface area contributed by atoms with Gasteiger partial charge in [0.2, 0.25) is 0 Å². The summed E-state index contributed by atoms with van der Waals surface area (Å²) in [5, 5.41) is 0. The Morgan fingerprint density at radius 3 is 2.28 bits per heavy atom. The Bertz CT molecular complexity index is 1210. The highest BCUT2D eigenvalue weighted by Gasteiger charge is 2.32. The minimum Gasteiger partial charge on any atom is -0.496 e. The van der Waals surface area contributed by atoms with Gasteiger partial charge in [0.25, 0.3) is 5.91 Å². The zero-order valence-corrected chi connectivity index (χ0v) is 20.7. The molecular weight excluding hydrogens is 466 g/mol. The van der Waals surface area contributed by atoms with E-state index in [1.165, 1.54) is 13.2 Å². The lowest BCUT2D eigenvalue weighted by atomic mass is 9.99. The number of hydrogen-bond acceptors (Lipinski definition) is 5. The van der Waals surface area contributed by atoms with E-state index in [0.717, 1.165) is 6.07 Å². The second-order valence-corrected chi connectivity index (χ2v) is 8.63. The number of anilines is 1. The number of ether oxygens (including phenoxy) is 3. The van der Waals surface area contributed by atoms with Crippen molar-refractivity contribution in [2.75, 3.05) is 39.3 Å². The molecule has 4 rings (SSSR count). The average molecular weight is 497 g/mol. The quantitative estimate of drug-likeness (QED) is 0.424. The number of hydrogen-bond donors (Lipinski definition) is 0. The number of amides is 1. The summed E-state index contributed by atoms with van der Waals surface area (Å²) in [6.07, 6.45) is 1.32. The lowest BCUT2D eigenvalue weighted by Crippen LogP contribution is -2.47. The minimum atomic E-state index is -0.843. The number of halogens is 2. The molecule has 36 heavy (non-hydrogen) atoms. The highest BCUT2D eigenvalue weighted by atomic mass is 19.2. The van der Waals surface area contributed by atoms with E-state index in [9.17, 15) is 13.6 Å². The number of carbonyl (C=O) groups excluding carboxylic acids is 1. The number of likely N-dealkylation sites (tertiary alicyclic amines) is 1. The van der Waals surface area contributed by atoms with Crippen molar-refractivity contribution in [3.05, 3.63) is 83.4 Å². The number of methoxy groups -OCH3 is 3. The summed E-state index contributed by atoms with van der Waals surface area (Å²) in [5.41, 5.74) is 1.47. The molecule has 0 unspecified atom stereocenters. The molecule has 1 aliphatic heterocycles. The Balaban J connectivity index is 1.61. The highest BCUT2D eigenvalue weighted by Crippen LogP contribution is 2.35. The van der Waals surface area contributed by atoms with Crippen LogP contribution in [0.4, 0.5) is 14.5 Å². The Morgan fingerprint density at radius 2 is 1.58 bits per heavy atom. The van der Waals surface area contributed by atoms with Crippen molar-refractivity contribution >= 4 is 11.6 Å². The van der Waals surface area contributed by atoms with Gasteiger partial charge in [-0.1, -0.05) is 24.3 Å². The van der Waals surface area contributed by atoms with Crippen LogP contribution in [0.2, 0.25) is 0 Å². The first-order chi connectivity index (χ1) is 17.5. The normalized spacial score (nSPS) is 14.4. The van der Waals surface area contributed by atoms with Crippen LogP contribution in [0.5, 0.6) is 17.2 Å². The molecule has 0 spiro atoms. The zero-order valence-electron chi connectivity index (χ0n) is 20.7. The summed E-state index contributed by atoms with van der Waals surface area (Å²) in [6.45, 7) is 1.57. The van der Waals surface area contributed by atoms with Crippen LogP contribution in [0.25, 0.3) is 0 Å². The molecule has 0 atom stereocenters. The Hall–Kier alpha value is -3.65. The SMILES string of the molecule is COc1ccc(N(C(=O)c2ccccc2OC)C2CCN(Cc3cccc(F)c3F)CC2)cc1OC. The highest BCUT2D eigenvalue weighted by molar-refractivity contribution is 6.08.